The monoisotopic (exact) mass is 175 g/mol. The zero-order valence-electron chi connectivity index (χ0n) is 8.18. The van der Waals surface area contributed by atoms with Crippen LogP contribution < -0.4 is 5.48 Å². The van der Waals surface area contributed by atoms with Crippen molar-refractivity contribution in [2.24, 2.45) is 5.92 Å². The van der Waals surface area contributed by atoms with Gasteiger partial charge in [-0.05, 0) is 18.8 Å². The molecule has 0 aromatic heterocycles. The SMILES string of the molecule is CCCCONCCC(C)CO. The van der Waals surface area contributed by atoms with Gasteiger partial charge in [0.05, 0.1) is 6.61 Å². The van der Waals surface area contributed by atoms with Gasteiger partial charge >= 0.3 is 0 Å². The third-order valence-electron chi connectivity index (χ3n) is 1.75. The van der Waals surface area contributed by atoms with E-state index < -0.39 is 0 Å². The van der Waals surface area contributed by atoms with Gasteiger partial charge < -0.3 is 9.94 Å². The molecule has 12 heavy (non-hydrogen) atoms. The fraction of sp³-hybridized carbons (Fsp3) is 1.00. The van der Waals surface area contributed by atoms with Crippen molar-refractivity contribution in [1.29, 1.82) is 0 Å². The Balaban J connectivity index is 2.90. The van der Waals surface area contributed by atoms with Gasteiger partial charge in [0.2, 0.25) is 0 Å². The first-order valence-corrected chi connectivity index (χ1v) is 4.76. The lowest BCUT2D eigenvalue weighted by molar-refractivity contribution is 0.0351. The summed E-state index contributed by atoms with van der Waals surface area (Å²) in [6.07, 6.45) is 3.22. The smallest absolute Gasteiger partial charge is 0.0682 e. The van der Waals surface area contributed by atoms with Crippen LogP contribution in [0.3, 0.4) is 0 Å². The van der Waals surface area contributed by atoms with E-state index >= 15 is 0 Å². The van der Waals surface area contributed by atoms with Gasteiger partial charge in [-0.3, -0.25) is 0 Å². The Kier molecular flexibility index (Phi) is 8.88. The lowest BCUT2D eigenvalue weighted by atomic mass is 10.1. The molecule has 1 unspecified atom stereocenters. The van der Waals surface area contributed by atoms with Gasteiger partial charge in [-0.2, -0.15) is 0 Å². The summed E-state index contributed by atoms with van der Waals surface area (Å²) in [7, 11) is 0. The van der Waals surface area contributed by atoms with E-state index in [1.165, 1.54) is 0 Å². The molecule has 0 spiro atoms. The molecule has 0 bridgehead atoms. The van der Waals surface area contributed by atoms with Crippen molar-refractivity contribution < 1.29 is 9.94 Å². The Hall–Kier alpha value is -0.120. The van der Waals surface area contributed by atoms with Crippen LogP contribution in [0.5, 0.6) is 0 Å². The van der Waals surface area contributed by atoms with E-state index in [1.807, 2.05) is 6.92 Å². The molecule has 0 saturated carbocycles. The second-order valence-electron chi connectivity index (χ2n) is 3.17. The third kappa shape index (κ3) is 7.98. The maximum Gasteiger partial charge on any atom is 0.0682 e. The number of aliphatic hydroxyl groups excluding tert-OH is 1. The molecule has 0 fully saturated rings. The molecule has 0 aliphatic rings. The van der Waals surface area contributed by atoms with Crippen LogP contribution in [0.2, 0.25) is 0 Å². The molecule has 0 heterocycles. The highest BCUT2D eigenvalue weighted by molar-refractivity contribution is 4.49. The zero-order chi connectivity index (χ0) is 9.23. The fourth-order valence-corrected chi connectivity index (χ4v) is 0.757. The Bertz CT molecular complexity index is 88.6. The largest absolute Gasteiger partial charge is 0.396 e. The Morgan fingerprint density at radius 1 is 1.50 bits per heavy atom. The van der Waals surface area contributed by atoms with Crippen LogP contribution in [0.1, 0.15) is 33.1 Å². The summed E-state index contributed by atoms with van der Waals surface area (Å²) >= 11 is 0. The quantitative estimate of drug-likeness (QED) is 0.432. The molecule has 0 aromatic carbocycles. The van der Waals surface area contributed by atoms with Gasteiger partial charge in [-0.15, -0.1) is 0 Å². The van der Waals surface area contributed by atoms with Crippen LogP contribution in [-0.4, -0.2) is 24.9 Å². The number of hydrogen-bond acceptors (Lipinski definition) is 3. The van der Waals surface area contributed by atoms with Crippen molar-refractivity contribution in [3.05, 3.63) is 0 Å². The van der Waals surface area contributed by atoms with E-state index in [1.54, 1.807) is 0 Å². The predicted octanol–water partition coefficient (Wildman–Crippen LogP) is 1.33. The average Bonchev–Trinajstić information content (AvgIpc) is 2.10. The number of nitrogens with one attached hydrogen (secondary N) is 1. The van der Waals surface area contributed by atoms with Crippen molar-refractivity contribution in [1.82, 2.24) is 5.48 Å². The fourth-order valence-electron chi connectivity index (χ4n) is 0.757. The number of unbranched alkanes of at least 4 members (excludes halogenated alkanes) is 1. The predicted molar refractivity (Wildman–Crippen MR) is 49.7 cm³/mol. The molecule has 3 nitrogen and oxygen atoms in total. The lowest BCUT2D eigenvalue weighted by Gasteiger charge is -2.08. The van der Waals surface area contributed by atoms with Gasteiger partial charge in [0.1, 0.15) is 0 Å². The second-order valence-corrected chi connectivity index (χ2v) is 3.17. The van der Waals surface area contributed by atoms with Crippen molar-refractivity contribution in [2.75, 3.05) is 19.8 Å². The molecule has 0 radical (unpaired) electrons. The third-order valence-corrected chi connectivity index (χ3v) is 1.75. The second kappa shape index (κ2) is 8.97. The molecule has 1 atom stereocenters. The first-order valence-electron chi connectivity index (χ1n) is 4.76. The summed E-state index contributed by atoms with van der Waals surface area (Å²) in [6, 6.07) is 0. The van der Waals surface area contributed by atoms with E-state index in [0.717, 1.165) is 32.4 Å². The van der Waals surface area contributed by atoms with Crippen LogP contribution in [0.15, 0.2) is 0 Å². The number of aliphatic hydroxyl groups is 1. The molecule has 0 saturated heterocycles. The highest BCUT2D eigenvalue weighted by Crippen LogP contribution is 1.97. The van der Waals surface area contributed by atoms with Crippen molar-refractivity contribution >= 4 is 0 Å². The Morgan fingerprint density at radius 2 is 2.25 bits per heavy atom. The zero-order valence-corrected chi connectivity index (χ0v) is 8.18. The summed E-state index contributed by atoms with van der Waals surface area (Å²) in [5, 5.41) is 8.71. The van der Waals surface area contributed by atoms with E-state index in [2.05, 4.69) is 12.4 Å². The van der Waals surface area contributed by atoms with Crippen LogP contribution in [0.4, 0.5) is 0 Å². The maximum atomic E-state index is 8.71. The molecule has 0 aliphatic heterocycles. The molecule has 0 rings (SSSR count). The van der Waals surface area contributed by atoms with Crippen molar-refractivity contribution in [3.63, 3.8) is 0 Å². The molecule has 0 amide bonds. The van der Waals surface area contributed by atoms with E-state index in [-0.39, 0.29) is 6.61 Å². The molecule has 74 valence electrons. The van der Waals surface area contributed by atoms with Crippen molar-refractivity contribution in [3.8, 4) is 0 Å². The van der Waals surface area contributed by atoms with Crippen molar-refractivity contribution in [2.45, 2.75) is 33.1 Å². The van der Waals surface area contributed by atoms with Gasteiger partial charge in [0.15, 0.2) is 0 Å². The molecule has 0 aromatic rings. The molecule has 3 heteroatoms. The Morgan fingerprint density at radius 3 is 2.83 bits per heavy atom. The van der Waals surface area contributed by atoms with Gasteiger partial charge in [-0.1, -0.05) is 20.3 Å². The number of hydroxylamine groups is 1. The van der Waals surface area contributed by atoms with Crippen LogP contribution in [0, 0.1) is 5.92 Å². The van der Waals surface area contributed by atoms with E-state index in [4.69, 9.17) is 9.94 Å². The summed E-state index contributed by atoms with van der Waals surface area (Å²) in [4.78, 5) is 5.14. The summed E-state index contributed by atoms with van der Waals surface area (Å²) < 4.78 is 0. The minimum atomic E-state index is 0.261. The normalized spacial score (nSPS) is 13.2. The van der Waals surface area contributed by atoms with Gasteiger partial charge in [0.25, 0.3) is 0 Å². The highest BCUT2D eigenvalue weighted by atomic mass is 16.6. The van der Waals surface area contributed by atoms with Crippen LogP contribution in [0.25, 0.3) is 0 Å². The average molecular weight is 175 g/mol. The maximum absolute atomic E-state index is 8.71. The Labute approximate surface area is 75.1 Å². The molecule has 2 N–H and O–H groups in total. The van der Waals surface area contributed by atoms with E-state index in [0.29, 0.717) is 5.92 Å². The summed E-state index contributed by atoms with van der Waals surface area (Å²) in [6.45, 7) is 6.02. The number of rotatable bonds is 8. The first kappa shape index (κ1) is 11.9. The summed E-state index contributed by atoms with van der Waals surface area (Å²) in [5.41, 5.74) is 2.87. The van der Waals surface area contributed by atoms with Crippen LogP contribution >= 0.6 is 0 Å². The van der Waals surface area contributed by atoms with Gasteiger partial charge in [-0.25, -0.2) is 5.48 Å². The lowest BCUT2D eigenvalue weighted by Crippen LogP contribution is -2.19. The minimum Gasteiger partial charge on any atom is -0.396 e. The topological polar surface area (TPSA) is 41.5 Å². The molecular formula is C9H21NO2. The minimum absolute atomic E-state index is 0.261. The standard InChI is InChI=1S/C9H21NO2/c1-3-4-7-12-10-6-5-9(2)8-11/h9-11H,3-8H2,1-2H3. The van der Waals surface area contributed by atoms with Gasteiger partial charge in [0, 0.05) is 13.2 Å². The number of hydrogen-bond donors (Lipinski definition) is 2. The molecule has 0 aliphatic carbocycles. The molecular weight excluding hydrogens is 154 g/mol. The van der Waals surface area contributed by atoms with Crippen LogP contribution in [-0.2, 0) is 4.84 Å². The summed E-state index contributed by atoms with van der Waals surface area (Å²) in [5.74, 6) is 0.368. The highest BCUT2D eigenvalue weighted by Gasteiger charge is 1.97. The van der Waals surface area contributed by atoms with E-state index in [9.17, 15) is 0 Å². The first-order chi connectivity index (χ1) is 5.81.